The van der Waals surface area contributed by atoms with Gasteiger partial charge in [0.25, 0.3) is 0 Å². The van der Waals surface area contributed by atoms with Crippen molar-refractivity contribution in [1.82, 2.24) is 0 Å². The van der Waals surface area contributed by atoms with Crippen LogP contribution in [0, 0.1) is 0 Å². The van der Waals surface area contributed by atoms with Crippen LogP contribution in [0.25, 0.3) is 97.0 Å². The fourth-order valence-corrected chi connectivity index (χ4v) is 10.3. The van der Waals surface area contributed by atoms with Gasteiger partial charge in [-0.3, -0.25) is 0 Å². The first kappa shape index (κ1) is 33.7. The quantitative estimate of drug-likeness (QED) is 0.157. The molecule has 0 radical (unpaired) electrons. The zero-order chi connectivity index (χ0) is 38.9. The Morgan fingerprint density at radius 3 is 1.83 bits per heavy atom. The predicted octanol–water partition coefficient (Wildman–Crippen LogP) is 16.7. The van der Waals surface area contributed by atoms with Gasteiger partial charge in [0, 0.05) is 42.5 Å². The molecule has 0 aliphatic carbocycles. The lowest BCUT2D eigenvalue weighted by Gasteiger charge is -2.27. The van der Waals surface area contributed by atoms with Gasteiger partial charge in [-0.05, 0) is 97.9 Å². The molecule has 0 spiro atoms. The summed E-state index contributed by atoms with van der Waals surface area (Å²) in [4.78, 5) is 2.41. The second-order valence-corrected chi connectivity index (χ2v) is 16.3. The van der Waals surface area contributed by atoms with E-state index in [1.54, 1.807) is 0 Å². The maximum atomic E-state index is 6.77. The average Bonchev–Trinajstić information content (AvgIpc) is 3.89. The van der Waals surface area contributed by atoms with Crippen molar-refractivity contribution in [3.63, 3.8) is 0 Å². The molecule has 10 aromatic carbocycles. The van der Waals surface area contributed by atoms with Crippen LogP contribution in [-0.4, -0.2) is 0 Å². The first-order valence-electron chi connectivity index (χ1n) is 20.1. The fraction of sp³-hybridized carbons (Fsp3) is 0. The van der Waals surface area contributed by atoms with E-state index in [1.807, 2.05) is 11.3 Å². The highest BCUT2D eigenvalue weighted by molar-refractivity contribution is 7.26. The molecule has 0 amide bonds. The molecule has 3 heteroatoms. The van der Waals surface area contributed by atoms with Crippen molar-refractivity contribution in [2.75, 3.05) is 4.90 Å². The van der Waals surface area contributed by atoms with Gasteiger partial charge in [-0.25, -0.2) is 0 Å². The van der Waals surface area contributed by atoms with Crippen LogP contribution in [0.5, 0.6) is 0 Å². The molecule has 12 aromatic rings. The average molecular weight is 770 g/mol. The second kappa shape index (κ2) is 13.6. The molecule has 276 valence electrons. The van der Waals surface area contributed by atoms with Crippen LogP contribution in [0.1, 0.15) is 0 Å². The van der Waals surface area contributed by atoms with Crippen LogP contribution in [0.4, 0.5) is 17.1 Å². The number of para-hydroxylation sites is 1. The Balaban J connectivity index is 1.04. The second-order valence-electron chi connectivity index (χ2n) is 15.2. The smallest absolute Gasteiger partial charge is 0.145 e. The van der Waals surface area contributed by atoms with Crippen molar-refractivity contribution < 1.29 is 4.42 Å². The number of hydrogen-bond acceptors (Lipinski definition) is 3. The number of furan rings is 1. The summed E-state index contributed by atoms with van der Waals surface area (Å²) in [5, 5.41) is 9.71. The van der Waals surface area contributed by atoms with Crippen LogP contribution >= 0.6 is 11.3 Å². The number of nitrogens with zero attached hydrogens (tertiary/aromatic N) is 1. The summed E-state index contributed by atoms with van der Waals surface area (Å²) in [7, 11) is 0. The van der Waals surface area contributed by atoms with Gasteiger partial charge in [-0.2, -0.15) is 0 Å². The summed E-state index contributed by atoms with van der Waals surface area (Å²) in [6.07, 6.45) is 0. The van der Waals surface area contributed by atoms with E-state index in [0.29, 0.717) is 0 Å². The molecule has 0 N–H and O–H groups in total. The first-order valence-corrected chi connectivity index (χ1v) is 20.9. The molecule has 0 unspecified atom stereocenters. The molecule has 0 fully saturated rings. The first-order chi connectivity index (χ1) is 29.2. The SMILES string of the molecule is c1ccc(-c2ccc(N(c3ccc(-c4ccc5c(c4)sc4c(-c6ccccc6)cccc45)cc3)c3ccc4ccc5ccccc5c4c3)c3c2oc2ccccc23)cc1. The minimum absolute atomic E-state index is 0.874. The molecular weight excluding hydrogens is 735 g/mol. The monoisotopic (exact) mass is 769 g/mol. The topological polar surface area (TPSA) is 16.4 Å². The number of rotatable bonds is 6. The highest BCUT2D eigenvalue weighted by Crippen LogP contribution is 2.47. The Kier molecular flexibility index (Phi) is 7.75. The van der Waals surface area contributed by atoms with E-state index in [1.165, 1.54) is 64.0 Å². The Morgan fingerprint density at radius 1 is 0.373 bits per heavy atom. The Labute approximate surface area is 345 Å². The molecule has 0 saturated carbocycles. The van der Waals surface area contributed by atoms with Crippen LogP contribution in [0.15, 0.2) is 217 Å². The van der Waals surface area contributed by atoms with Crippen LogP contribution in [0.2, 0.25) is 0 Å². The van der Waals surface area contributed by atoms with E-state index in [0.717, 1.165) is 50.1 Å². The third-order valence-electron chi connectivity index (χ3n) is 11.9. The standard InChI is InChI=1S/C56H35NOS/c1-3-12-37(13-4-1)45-32-33-51(54-49-18-9-10-21-52(49)58-55(45)54)57(43-30-26-40-23-22-39-16-7-8-17-44(39)50(40)35-43)42-28-24-36(25-29-42)41-27-31-47-48-20-11-19-46(38-14-5-2-6-15-38)56(48)59-53(47)34-41/h1-35H. The minimum Gasteiger partial charge on any atom is -0.455 e. The van der Waals surface area contributed by atoms with Crippen LogP contribution < -0.4 is 4.90 Å². The van der Waals surface area contributed by atoms with Gasteiger partial charge in [-0.1, -0.05) is 164 Å². The van der Waals surface area contributed by atoms with E-state index in [4.69, 9.17) is 4.42 Å². The van der Waals surface area contributed by atoms with E-state index in [9.17, 15) is 0 Å². The van der Waals surface area contributed by atoms with E-state index in [-0.39, 0.29) is 0 Å². The molecule has 2 nitrogen and oxygen atoms in total. The molecule has 2 aromatic heterocycles. The van der Waals surface area contributed by atoms with Gasteiger partial charge in [0.05, 0.1) is 11.1 Å². The summed E-state index contributed by atoms with van der Waals surface area (Å²) < 4.78 is 9.39. The molecule has 0 bridgehead atoms. The third kappa shape index (κ3) is 5.55. The Hall–Kier alpha value is -7.46. The van der Waals surface area contributed by atoms with Crippen molar-refractivity contribution in [1.29, 1.82) is 0 Å². The van der Waals surface area contributed by atoms with Crippen molar-refractivity contribution in [2.45, 2.75) is 0 Å². The molecule has 0 aliphatic heterocycles. The summed E-state index contributed by atoms with van der Waals surface area (Å²) in [6, 6.07) is 76.8. The van der Waals surface area contributed by atoms with Gasteiger partial charge in [0.15, 0.2) is 0 Å². The zero-order valence-corrected chi connectivity index (χ0v) is 32.8. The van der Waals surface area contributed by atoms with E-state index >= 15 is 0 Å². The molecule has 12 rings (SSSR count). The number of thiophene rings is 1. The van der Waals surface area contributed by atoms with E-state index < -0.39 is 0 Å². The van der Waals surface area contributed by atoms with Gasteiger partial charge in [0.2, 0.25) is 0 Å². The highest BCUT2D eigenvalue weighted by Gasteiger charge is 2.23. The Bertz CT molecular complexity index is 3550. The van der Waals surface area contributed by atoms with Crippen molar-refractivity contribution in [2.24, 2.45) is 0 Å². The Morgan fingerprint density at radius 2 is 1.02 bits per heavy atom. The van der Waals surface area contributed by atoms with Crippen LogP contribution in [0.3, 0.4) is 0 Å². The van der Waals surface area contributed by atoms with Gasteiger partial charge >= 0.3 is 0 Å². The number of fused-ring (bicyclic) bond motifs is 9. The van der Waals surface area contributed by atoms with E-state index in [2.05, 4.69) is 217 Å². The largest absolute Gasteiger partial charge is 0.455 e. The van der Waals surface area contributed by atoms with Gasteiger partial charge in [0.1, 0.15) is 11.2 Å². The molecule has 0 saturated heterocycles. The molecular formula is C56H35NOS. The normalized spacial score (nSPS) is 11.7. The minimum atomic E-state index is 0.874. The molecule has 0 atom stereocenters. The lowest BCUT2D eigenvalue weighted by atomic mass is 9.98. The zero-order valence-electron chi connectivity index (χ0n) is 32.0. The number of hydrogen-bond donors (Lipinski definition) is 0. The van der Waals surface area contributed by atoms with Gasteiger partial charge < -0.3 is 9.32 Å². The lowest BCUT2D eigenvalue weighted by Crippen LogP contribution is -2.10. The summed E-state index contributed by atoms with van der Waals surface area (Å²) in [6.45, 7) is 0. The van der Waals surface area contributed by atoms with Crippen LogP contribution in [-0.2, 0) is 0 Å². The maximum Gasteiger partial charge on any atom is 0.145 e. The number of anilines is 3. The van der Waals surface area contributed by atoms with Crippen molar-refractivity contribution in [3.05, 3.63) is 212 Å². The van der Waals surface area contributed by atoms with Crippen molar-refractivity contribution >= 4 is 92.1 Å². The number of benzene rings is 10. The predicted molar refractivity (Wildman–Crippen MR) is 253 cm³/mol. The summed E-state index contributed by atoms with van der Waals surface area (Å²) >= 11 is 1.88. The van der Waals surface area contributed by atoms with Crippen molar-refractivity contribution in [3.8, 4) is 33.4 Å². The maximum absolute atomic E-state index is 6.77. The lowest BCUT2D eigenvalue weighted by molar-refractivity contribution is 0.670. The third-order valence-corrected chi connectivity index (χ3v) is 13.1. The summed E-state index contributed by atoms with van der Waals surface area (Å²) in [5.74, 6) is 0. The molecule has 0 aliphatic rings. The molecule has 2 heterocycles. The van der Waals surface area contributed by atoms with Gasteiger partial charge in [-0.15, -0.1) is 11.3 Å². The fourth-order valence-electron chi connectivity index (χ4n) is 9.02. The molecule has 59 heavy (non-hydrogen) atoms. The highest BCUT2D eigenvalue weighted by atomic mass is 32.1. The summed E-state index contributed by atoms with van der Waals surface area (Å²) in [5.41, 5.74) is 12.1.